The van der Waals surface area contributed by atoms with E-state index in [2.05, 4.69) is 25.5 Å². The molecule has 0 saturated carbocycles. The van der Waals surface area contributed by atoms with Crippen molar-refractivity contribution in [2.24, 2.45) is 0 Å². The SMILES string of the molecule is CNc1cnc(C(=O)NCCN2CCCC2)cn1. The smallest absolute Gasteiger partial charge is 0.271 e. The van der Waals surface area contributed by atoms with Crippen molar-refractivity contribution in [1.82, 2.24) is 20.2 Å². The van der Waals surface area contributed by atoms with E-state index < -0.39 is 0 Å². The third-order valence-electron chi connectivity index (χ3n) is 3.05. The van der Waals surface area contributed by atoms with Crippen molar-refractivity contribution < 1.29 is 4.79 Å². The molecule has 1 aliphatic heterocycles. The maximum atomic E-state index is 11.8. The Kier molecular flexibility index (Phi) is 4.46. The Morgan fingerprint density at radius 1 is 1.33 bits per heavy atom. The van der Waals surface area contributed by atoms with Crippen LogP contribution in [0.1, 0.15) is 23.3 Å². The van der Waals surface area contributed by atoms with Gasteiger partial charge >= 0.3 is 0 Å². The summed E-state index contributed by atoms with van der Waals surface area (Å²) in [7, 11) is 1.76. The van der Waals surface area contributed by atoms with Gasteiger partial charge in [0, 0.05) is 20.1 Å². The van der Waals surface area contributed by atoms with Gasteiger partial charge in [-0.05, 0) is 25.9 Å². The maximum Gasteiger partial charge on any atom is 0.271 e. The first-order valence-electron chi connectivity index (χ1n) is 6.30. The van der Waals surface area contributed by atoms with Gasteiger partial charge in [-0.3, -0.25) is 4.79 Å². The van der Waals surface area contributed by atoms with E-state index in [0.29, 0.717) is 18.1 Å². The average molecular weight is 249 g/mol. The number of nitrogens with zero attached hydrogens (tertiary/aromatic N) is 3. The molecule has 6 heteroatoms. The molecule has 1 aromatic rings. The second-order valence-corrected chi connectivity index (χ2v) is 4.34. The van der Waals surface area contributed by atoms with Gasteiger partial charge in [-0.15, -0.1) is 0 Å². The summed E-state index contributed by atoms with van der Waals surface area (Å²) in [5.74, 6) is 0.493. The molecule has 1 amide bonds. The number of carbonyl (C=O) groups is 1. The fraction of sp³-hybridized carbons (Fsp3) is 0.583. The van der Waals surface area contributed by atoms with Crippen molar-refractivity contribution in [2.75, 3.05) is 38.5 Å². The Hall–Kier alpha value is -1.69. The summed E-state index contributed by atoms with van der Waals surface area (Å²) in [6, 6.07) is 0. The van der Waals surface area contributed by atoms with Crippen LogP contribution in [0, 0.1) is 0 Å². The van der Waals surface area contributed by atoms with Crippen LogP contribution in [0.4, 0.5) is 5.82 Å². The number of likely N-dealkylation sites (tertiary alicyclic amines) is 1. The zero-order valence-corrected chi connectivity index (χ0v) is 10.6. The molecule has 0 atom stereocenters. The Bertz CT molecular complexity index is 386. The maximum absolute atomic E-state index is 11.8. The Morgan fingerprint density at radius 3 is 2.72 bits per heavy atom. The first-order valence-corrected chi connectivity index (χ1v) is 6.30. The normalized spacial score (nSPS) is 15.6. The number of amides is 1. The van der Waals surface area contributed by atoms with Crippen LogP contribution >= 0.6 is 0 Å². The van der Waals surface area contributed by atoms with E-state index in [4.69, 9.17) is 0 Å². The second kappa shape index (κ2) is 6.30. The Balaban J connectivity index is 1.76. The van der Waals surface area contributed by atoms with Crippen molar-refractivity contribution in [3.8, 4) is 0 Å². The fourth-order valence-electron chi connectivity index (χ4n) is 2.00. The summed E-state index contributed by atoms with van der Waals surface area (Å²) < 4.78 is 0. The first-order chi connectivity index (χ1) is 8.79. The molecule has 0 spiro atoms. The molecule has 1 aromatic heterocycles. The zero-order chi connectivity index (χ0) is 12.8. The van der Waals surface area contributed by atoms with E-state index in [0.717, 1.165) is 19.6 Å². The van der Waals surface area contributed by atoms with Gasteiger partial charge in [-0.25, -0.2) is 9.97 Å². The van der Waals surface area contributed by atoms with Gasteiger partial charge in [0.05, 0.1) is 12.4 Å². The molecule has 2 heterocycles. The minimum absolute atomic E-state index is 0.163. The van der Waals surface area contributed by atoms with Crippen molar-refractivity contribution in [2.45, 2.75) is 12.8 Å². The molecule has 0 unspecified atom stereocenters. The highest BCUT2D eigenvalue weighted by Gasteiger charge is 2.12. The predicted octanol–water partition coefficient (Wildman–Crippen LogP) is 0.344. The van der Waals surface area contributed by atoms with Gasteiger partial charge in [-0.2, -0.15) is 0 Å². The van der Waals surface area contributed by atoms with Gasteiger partial charge in [0.15, 0.2) is 0 Å². The zero-order valence-electron chi connectivity index (χ0n) is 10.6. The minimum atomic E-state index is -0.163. The summed E-state index contributed by atoms with van der Waals surface area (Å²) >= 11 is 0. The topological polar surface area (TPSA) is 70.2 Å². The third-order valence-corrected chi connectivity index (χ3v) is 3.05. The molecule has 1 aliphatic rings. The molecule has 0 radical (unpaired) electrons. The fourth-order valence-corrected chi connectivity index (χ4v) is 2.00. The highest BCUT2D eigenvalue weighted by atomic mass is 16.1. The predicted molar refractivity (Wildman–Crippen MR) is 69.6 cm³/mol. The van der Waals surface area contributed by atoms with Crippen LogP contribution in [0.3, 0.4) is 0 Å². The summed E-state index contributed by atoms with van der Waals surface area (Å²) in [5, 5.41) is 5.72. The van der Waals surface area contributed by atoms with Crippen LogP contribution in [0.15, 0.2) is 12.4 Å². The largest absolute Gasteiger partial charge is 0.372 e. The average Bonchev–Trinajstić information content (AvgIpc) is 2.92. The lowest BCUT2D eigenvalue weighted by Crippen LogP contribution is -2.33. The Labute approximate surface area is 107 Å². The number of hydrogen-bond donors (Lipinski definition) is 2. The van der Waals surface area contributed by atoms with Crippen LogP contribution in [-0.2, 0) is 0 Å². The van der Waals surface area contributed by atoms with Crippen LogP contribution in [0.25, 0.3) is 0 Å². The van der Waals surface area contributed by atoms with Gasteiger partial charge in [0.1, 0.15) is 11.5 Å². The van der Waals surface area contributed by atoms with Crippen LogP contribution in [-0.4, -0.2) is 54.0 Å². The third kappa shape index (κ3) is 3.40. The lowest BCUT2D eigenvalue weighted by atomic mass is 10.4. The van der Waals surface area contributed by atoms with Crippen LogP contribution < -0.4 is 10.6 Å². The monoisotopic (exact) mass is 249 g/mol. The lowest BCUT2D eigenvalue weighted by molar-refractivity contribution is 0.0944. The van der Waals surface area contributed by atoms with Crippen molar-refractivity contribution in [1.29, 1.82) is 0 Å². The first kappa shape index (κ1) is 12.8. The van der Waals surface area contributed by atoms with Gasteiger partial charge in [-0.1, -0.05) is 0 Å². The molecular weight excluding hydrogens is 230 g/mol. The molecule has 6 nitrogen and oxygen atoms in total. The molecule has 0 aromatic carbocycles. The summed E-state index contributed by atoms with van der Waals surface area (Å²) in [5.41, 5.74) is 0.357. The molecule has 2 rings (SSSR count). The summed E-state index contributed by atoms with van der Waals surface area (Å²) in [6.07, 6.45) is 5.57. The number of carbonyl (C=O) groups excluding carboxylic acids is 1. The number of aromatic nitrogens is 2. The summed E-state index contributed by atoms with van der Waals surface area (Å²) in [6.45, 7) is 3.86. The molecule has 18 heavy (non-hydrogen) atoms. The lowest BCUT2D eigenvalue weighted by Gasteiger charge is -2.14. The highest BCUT2D eigenvalue weighted by molar-refractivity contribution is 5.91. The van der Waals surface area contributed by atoms with Gasteiger partial charge in [0.25, 0.3) is 5.91 Å². The highest BCUT2D eigenvalue weighted by Crippen LogP contribution is 2.05. The van der Waals surface area contributed by atoms with Crippen LogP contribution in [0.2, 0.25) is 0 Å². The molecule has 1 fully saturated rings. The second-order valence-electron chi connectivity index (χ2n) is 4.34. The van der Waals surface area contributed by atoms with E-state index >= 15 is 0 Å². The van der Waals surface area contributed by atoms with Crippen molar-refractivity contribution in [3.05, 3.63) is 18.1 Å². The minimum Gasteiger partial charge on any atom is -0.372 e. The number of nitrogens with one attached hydrogen (secondary N) is 2. The van der Waals surface area contributed by atoms with E-state index in [1.165, 1.54) is 19.0 Å². The number of hydrogen-bond acceptors (Lipinski definition) is 5. The molecular formula is C12H19N5O. The standard InChI is InChI=1S/C12H19N5O/c1-13-11-9-15-10(8-16-11)12(18)14-4-7-17-5-2-3-6-17/h8-9H,2-7H2,1H3,(H,13,16)(H,14,18). The van der Waals surface area contributed by atoms with E-state index in [1.54, 1.807) is 13.2 Å². The van der Waals surface area contributed by atoms with Crippen molar-refractivity contribution in [3.63, 3.8) is 0 Å². The quantitative estimate of drug-likeness (QED) is 0.787. The molecule has 0 bridgehead atoms. The van der Waals surface area contributed by atoms with Crippen LogP contribution in [0.5, 0.6) is 0 Å². The molecule has 98 valence electrons. The molecule has 2 N–H and O–H groups in total. The van der Waals surface area contributed by atoms with Crippen molar-refractivity contribution >= 4 is 11.7 Å². The molecule has 0 aliphatic carbocycles. The Morgan fingerprint density at radius 2 is 2.11 bits per heavy atom. The van der Waals surface area contributed by atoms with E-state index in [1.807, 2.05) is 0 Å². The van der Waals surface area contributed by atoms with Gasteiger partial charge < -0.3 is 15.5 Å². The van der Waals surface area contributed by atoms with E-state index in [-0.39, 0.29) is 5.91 Å². The number of anilines is 1. The summed E-state index contributed by atoms with van der Waals surface area (Å²) in [4.78, 5) is 22.2. The molecule has 1 saturated heterocycles. The van der Waals surface area contributed by atoms with Gasteiger partial charge in [0.2, 0.25) is 0 Å². The van der Waals surface area contributed by atoms with E-state index in [9.17, 15) is 4.79 Å². The number of rotatable bonds is 5.